The van der Waals surface area contributed by atoms with Crippen molar-refractivity contribution in [2.24, 2.45) is 0 Å². The molecule has 1 N–H and O–H groups in total. The molecule has 170 valence electrons. The van der Waals surface area contributed by atoms with Gasteiger partial charge in [-0.2, -0.15) is 0 Å². The molecule has 1 aromatic carbocycles. The predicted octanol–water partition coefficient (Wildman–Crippen LogP) is 3.64. The van der Waals surface area contributed by atoms with Crippen LogP contribution in [0, 0.1) is 11.6 Å². The first-order chi connectivity index (χ1) is 15.7. The van der Waals surface area contributed by atoms with E-state index in [1.54, 1.807) is 12.1 Å². The zero-order chi connectivity index (χ0) is 23.8. The lowest BCUT2D eigenvalue weighted by Crippen LogP contribution is -2.17. The summed E-state index contributed by atoms with van der Waals surface area (Å²) < 4.78 is 61.1. The summed E-state index contributed by atoms with van der Waals surface area (Å²) in [5, 5.41) is -0.0565. The molecule has 4 rings (SSSR count). The Morgan fingerprint density at radius 1 is 1.09 bits per heavy atom. The van der Waals surface area contributed by atoms with Gasteiger partial charge >= 0.3 is 0 Å². The van der Waals surface area contributed by atoms with Gasteiger partial charge in [0.15, 0.2) is 0 Å². The Morgan fingerprint density at radius 3 is 2.61 bits per heavy atom. The number of sulfonamides is 1. The van der Waals surface area contributed by atoms with Crippen molar-refractivity contribution in [1.82, 2.24) is 14.4 Å². The summed E-state index contributed by atoms with van der Waals surface area (Å²) in [6, 6.07) is 7.36. The molecule has 0 atom stereocenters. The minimum Gasteiger partial charge on any atom is -0.480 e. The van der Waals surface area contributed by atoms with Crippen LogP contribution in [0.15, 0.2) is 59.8 Å². The van der Waals surface area contributed by atoms with Crippen LogP contribution in [0.1, 0.15) is 5.56 Å². The molecule has 0 fully saturated rings. The molecule has 0 bridgehead atoms. The van der Waals surface area contributed by atoms with E-state index in [-0.39, 0.29) is 22.2 Å². The third-order valence-electron chi connectivity index (χ3n) is 4.66. The molecule has 3 heterocycles. The first kappa shape index (κ1) is 22.6. The van der Waals surface area contributed by atoms with Gasteiger partial charge in [0.05, 0.1) is 19.1 Å². The number of ether oxygens (including phenoxy) is 1. The summed E-state index contributed by atoms with van der Waals surface area (Å²) in [7, 11) is -2.81. The summed E-state index contributed by atoms with van der Waals surface area (Å²) in [5.74, 6) is -2.55. The van der Waals surface area contributed by atoms with Crippen LogP contribution in [-0.4, -0.2) is 29.9 Å². The van der Waals surface area contributed by atoms with Crippen LogP contribution in [0.5, 0.6) is 5.88 Å². The standard InChI is InChI=1S/C21H15ClF2N4O4S/c1-32-20-18(27-33(30,31)11-13-2-4-15(23)7-17(13)24)6-14(8-26-20)12-3-5-19-25-9-16(22)21(29)28(19)10-12/h2-10,27H,11H2,1H3. The van der Waals surface area contributed by atoms with Gasteiger partial charge in [-0.3, -0.25) is 13.9 Å². The fourth-order valence-corrected chi connectivity index (χ4v) is 4.45. The number of aromatic nitrogens is 3. The molecule has 0 aliphatic rings. The SMILES string of the molecule is COc1ncc(-c2ccc3ncc(Cl)c(=O)n3c2)cc1NS(=O)(=O)Cc1ccc(F)cc1F. The summed E-state index contributed by atoms with van der Waals surface area (Å²) in [6.45, 7) is 0. The minimum atomic E-state index is -4.12. The van der Waals surface area contributed by atoms with E-state index in [2.05, 4.69) is 14.7 Å². The highest BCUT2D eigenvalue weighted by Gasteiger charge is 2.19. The number of halogens is 3. The molecule has 0 saturated heterocycles. The zero-order valence-electron chi connectivity index (χ0n) is 16.9. The lowest BCUT2D eigenvalue weighted by atomic mass is 10.1. The van der Waals surface area contributed by atoms with E-state index in [9.17, 15) is 22.0 Å². The van der Waals surface area contributed by atoms with E-state index in [0.29, 0.717) is 22.8 Å². The molecule has 0 saturated carbocycles. The number of anilines is 1. The maximum Gasteiger partial charge on any atom is 0.276 e. The van der Waals surface area contributed by atoms with E-state index in [0.717, 1.165) is 12.1 Å². The van der Waals surface area contributed by atoms with Gasteiger partial charge in [0, 0.05) is 35.2 Å². The van der Waals surface area contributed by atoms with Crippen molar-refractivity contribution in [3.63, 3.8) is 0 Å². The molecule has 0 aliphatic heterocycles. The monoisotopic (exact) mass is 492 g/mol. The average molecular weight is 493 g/mol. The highest BCUT2D eigenvalue weighted by atomic mass is 35.5. The minimum absolute atomic E-state index is 0.00539. The van der Waals surface area contributed by atoms with Gasteiger partial charge in [-0.05, 0) is 24.3 Å². The highest BCUT2D eigenvalue weighted by Crippen LogP contribution is 2.29. The third-order valence-corrected chi connectivity index (χ3v) is 6.15. The van der Waals surface area contributed by atoms with E-state index in [1.165, 1.54) is 36.2 Å². The highest BCUT2D eigenvalue weighted by molar-refractivity contribution is 7.91. The second kappa shape index (κ2) is 8.75. The van der Waals surface area contributed by atoms with Crippen molar-refractivity contribution < 1.29 is 21.9 Å². The van der Waals surface area contributed by atoms with Crippen LogP contribution in [0.4, 0.5) is 14.5 Å². The Labute approximate surface area is 191 Å². The lowest BCUT2D eigenvalue weighted by Gasteiger charge is -2.13. The molecule has 4 aromatic rings. The smallest absolute Gasteiger partial charge is 0.276 e. The topological polar surface area (TPSA) is 103 Å². The van der Waals surface area contributed by atoms with Crippen LogP contribution >= 0.6 is 11.6 Å². The molecule has 0 spiro atoms. The molecule has 33 heavy (non-hydrogen) atoms. The summed E-state index contributed by atoms with van der Waals surface area (Å²) in [6.07, 6.45) is 4.18. The normalized spacial score (nSPS) is 11.5. The molecule has 12 heteroatoms. The maximum atomic E-state index is 13.9. The Morgan fingerprint density at radius 2 is 1.88 bits per heavy atom. The van der Waals surface area contributed by atoms with Crippen molar-refractivity contribution in [3.05, 3.63) is 87.6 Å². The van der Waals surface area contributed by atoms with Crippen LogP contribution < -0.4 is 15.0 Å². The van der Waals surface area contributed by atoms with Crippen LogP contribution in [-0.2, 0) is 15.8 Å². The van der Waals surface area contributed by atoms with Gasteiger partial charge < -0.3 is 4.74 Å². The summed E-state index contributed by atoms with van der Waals surface area (Å²) in [5.41, 5.74) is 0.674. The fourth-order valence-electron chi connectivity index (χ4n) is 3.12. The second-order valence-corrected chi connectivity index (χ2v) is 9.06. The number of methoxy groups -OCH3 is 1. The van der Waals surface area contributed by atoms with Gasteiger partial charge in [-0.1, -0.05) is 17.7 Å². The second-order valence-electron chi connectivity index (χ2n) is 6.93. The molecule has 8 nitrogen and oxygen atoms in total. The van der Waals surface area contributed by atoms with Gasteiger partial charge in [0.25, 0.3) is 5.56 Å². The Balaban J connectivity index is 1.70. The predicted molar refractivity (Wildman–Crippen MR) is 119 cm³/mol. The Bertz CT molecular complexity index is 1540. The van der Waals surface area contributed by atoms with E-state index >= 15 is 0 Å². The first-order valence-corrected chi connectivity index (χ1v) is 11.4. The van der Waals surface area contributed by atoms with Crippen LogP contribution in [0.3, 0.4) is 0 Å². The maximum absolute atomic E-state index is 13.9. The Kier molecular flexibility index (Phi) is 6.00. The van der Waals surface area contributed by atoms with Gasteiger partial charge in [-0.25, -0.2) is 27.2 Å². The molecule has 0 aliphatic carbocycles. The van der Waals surface area contributed by atoms with Crippen molar-refractivity contribution in [3.8, 4) is 17.0 Å². The molecular weight excluding hydrogens is 478 g/mol. The number of hydrogen-bond acceptors (Lipinski definition) is 6. The van der Waals surface area contributed by atoms with E-state index in [4.69, 9.17) is 16.3 Å². The summed E-state index contributed by atoms with van der Waals surface area (Å²) >= 11 is 5.86. The van der Waals surface area contributed by atoms with Crippen molar-refractivity contribution in [2.45, 2.75) is 5.75 Å². The zero-order valence-corrected chi connectivity index (χ0v) is 18.5. The van der Waals surface area contributed by atoms with Crippen molar-refractivity contribution in [1.29, 1.82) is 0 Å². The molecule has 3 aromatic heterocycles. The van der Waals surface area contributed by atoms with Gasteiger partial charge in [0.1, 0.15) is 28.0 Å². The lowest BCUT2D eigenvalue weighted by molar-refractivity contribution is 0.400. The quantitative estimate of drug-likeness (QED) is 0.441. The van der Waals surface area contributed by atoms with Crippen molar-refractivity contribution >= 4 is 33.0 Å². The summed E-state index contributed by atoms with van der Waals surface area (Å²) in [4.78, 5) is 20.5. The van der Waals surface area contributed by atoms with Crippen LogP contribution in [0.2, 0.25) is 5.02 Å². The number of nitrogens with one attached hydrogen (secondary N) is 1. The average Bonchev–Trinajstić information content (AvgIpc) is 2.78. The molecule has 0 amide bonds. The number of fused-ring (bicyclic) bond motifs is 1. The molecule has 0 unspecified atom stereocenters. The fraction of sp³-hybridized carbons (Fsp3) is 0.0952. The molecular formula is C21H15ClF2N4O4S. The largest absolute Gasteiger partial charge is 0.480 e. The van der Waals surface area contributed by atoms with Gasteiger partial charge in [0.2, 0.25) is 15.9 Å². The number of benzene rings is 1. The van der Waals surface area contributed by atoms with Gasteiger partial charge in [-0.15, -0.1) is 0 Å². The number of pyridine rings is 2. The van der Waals surface area contributed by atoms with Crippen LogP contribution in [0.25, 0.3) is 16.8 Å². The van der Waals surface area contributed by atoms with Crippen molar-refractivity contribution in [2.75, 3.05) is 11.8 Å². The third kappa shape index (κ3) is 4.78. The molecule has 0 radical (unpaired) electrons. The van der Waals surface area contributed by atoms with E-state index < -0.39 is 33.0 Å². The first-order valence-electron chi connectivity index (χ1n) is 9.32. The number of rotatable bonds is 6. The van der Waals surface area contributed by atoms with E-state index in [1.807, 2.05) is 0 Å². The number of nitrogens with zero attached hydrogens (tertiary/aromatic N) is 3. The Hall–Kier alpha value is -3.57. The number of hydrogen-bond donors (Lipinski definition) is 1.